The molecule has 16 heavy (non-hydrogen) atoms. The van der Waals surface area contributed by atoms with Gasteiger partial charge in [0.2, 0.25) is 0 Å². The second-order valence-electron chi connectivity index (χ2n) is 3.48. The highest BCUT2D eigenvalue weighted by Gasteiger charge is 2.02. The molecule has 0 aliphatic rings. The fraction of sp³-hybridized carbons (Fsp3) is 0.250. The van der Waals surface area contributed by atoms with Gasteiger partial charge in [0, 0.05) is 25.4 Å². The lowest BCUT2D eigenvalue weighted by Gasteiger charge is -2.06. The van der Waals surface area contributed by atoms with Crippen LogP contribution in [0.2, 0.25) is 0 Å². The first kappa shape index (κ1) is 10.7. The Labute approximate surface area is 93.5 Å². The summed E-state index contributed by atoms with van der Waals surface area (Å²) in [6.07, 6.45) is 2.45. The molecular formula is C12H13FN2O. The summed E-state index contributed by atoms with van der Waals surface area (Å²) in [4.78, 5) is 0. The van der Waals surface area contributed by atoms with Gasteiger partial charge in [0.15, 0.2) is 11.6 Å². The van der Waals surface area contributed by atoms with Crippen LogP contribution in [0.4, 0.5) is 4.39 Å². The largest absolute Gasteiger partial charge is 0.490 e. The Balaban J connectivity index is 1.89. The topological polar surface area (TPSA) is 27.1 Å². The van der Waals surface area contributed by atoms with Crippen molar-refractivity contribution >= 4 is 0 Å². The first-order valence-electron chi connectivity index (χ1n) is 5.11. The van der Waals surface area contributed by atoms with Crippen molar-refractivity contribution < 1.29 is 9.13 Å². The lowest BCUT2D eigenvalue weighted by atomic mass is 10.3. The van der Waals surface area contributed by atoms with Crippen molar-refractivity contribution in [2.24, 2.45) is 7.05 Å². The normalized spacial score (nSPS) is 10.4. The van der Waals surface area contributed by atoms with Crippen LogP contribution in [0, 0.1) is 5.82 Å². The van der Waals surface area contributed by atoms with E-state index in [1.165, 1.54) is 6.07 Å². The quantitative estimate of drug-likeness (QED) is 0.789. The highest BCUT2D eigenvalue weighted by molar-refractivity contribution is 5.23. The van der Waals surface area contributed by atoms with Crippen LogP contribution in [0.5, 0.6) is 5.75 Å². The van der Waals surface area contributed by atoms with Crippen molar-refractivity contribution in [1.29, 1.82) is 0 Å². The Bertz CT molecular complexity index is 468. The van der Waals surface area contributed by atoms with Crippen molar-refractivity contribution in [1.82, 2.24) is 9.78 Å². The number of nitrogens with zero attached hydrogens (tertiary/aromatic N) is 2. The smallest absolute Gasteiger partial charge is 0.165 e. The summed E-state index contributed by atoms with van der Waals surface area (Å²) < 4.78 is 20.3. The number of para-hydroxylation sites is 1. The second kappa shape index (κ2) is 4.79. The van der Waals surface area contributed by atoms with Gasteiger partial charge in [0.25, 0.3) is 0 Å². The first-order valence-corrected chi connectivity index (χ1v) is 5.11. The van der Waals surface area contributed by atoms with Gasteiger partial charge in [-0.1, -0.05) is 12.1 Å². The van der Waals surface area contributed by atoms with Crippen LogP contribution in [0.25, 0.3) is 0 Å². The molecule has 0 atom stereocenters. The molecule has 0 radical (unpaired) electrons. The van der Waals surface area contributed by atoms with Gasteiger partial charge >= 0.3 is 0 Å². The molecule has 84 valence electrons. The molecule has 0 saturated carbocycles. The molecule has 1 aromatic heterocycles. The van der Waals surface area contributed by atoms with E-state index in [-0.39, 0.29) is 5.82 Å². The van der Waals surface area contributed by atoms with Crippen LogP contribution in [0.1, 0.15) is 5.69 Å². The number of aryl methyl sites for hydroxylation is 1. The summed E-state index contributed by atoms with van der Waals surface area (Å²) in [5.41, 5.74) is 1.07. The minimum absolute atomic E-state index is 0.296. The molecule has 0 bridgehead atoms. The minimum Gasteiger partial charge on any atom is -0.490 e. The molecule has 2 rings (SSSR count). The predicted octanol–water partition coefficient (Wildman–Crippen LogP) is 2.18. The minimum atomic E-state index is -0.326. The van der Waals surface area contributed by atoms with Crippen LogP contribution in [-0.2, 0) is 13.5 Å². The number of ether oxygens (including phenoxy) is 1. The maximum Gasteiger partial charge on any atom is 0.165 e. The summed E-state index contributed by atoms with van der Waals surface area (Å²) in [6.45, 7) is 0.445. The molecule has 0 aliphatic carbocycles. The standard InChI is InChI=1S/C12H13FN2O/c1-15-10(6-8-14-15)7-9-16-12-5-3-2-4-11(12)13/h2-6,8H,7,9H2,1H3. The maximum absolute atomic E-state index is 13.2. The molecule has 0 fully saturated rings. The third-order valence-corrected chi connectivity index (χ3v) is 2.37. The van der Waals surface area contributed by atoms with Crippen molar-refractivity contribution in [2.45, 2.75) is 6.42 Å². The van der Waals surface area contributed by atoms with E-state index in [0.29, 0.717) is 18.8 Å². The van der Waals surface area contributed by atoms with Gasteiger partial charge in [-0.05, 0) is 18.2 Å². The summed E-state index contributed by atoms with van der Waals surface area (Å²) >= 11 is 0. The van der Waals surface area contributed by atoms with Crippen LogP contribution in [0.3, 0.4) is 0 Å². The Kier molecular flexibility index (Phi) is 3.19. The van der Waals surface area contributed by atoms with E-state index < -0.39 is 0 Å². The average molecular weight is 220 g/mol. The van der Waals surface area contributed by atoms with Crippen LogP contribution < -0.4 is 4.74 Å². The summed E-state index contributed by atoms with van der Waals surface area (Å²) in [5, 5.41) is 4.05. The maximum atomic E-state index is 13.2. The molecule has 0 N–H and O–H groups in total. The van der Waals surface area contributed by atoms with Gasteiger partial charge in [-0.15, -0.1) is 0 Å². The van der Waals surface area contributed by atoms with Gasteiger partial charge in [0.1, 0.15) is 0 Å². The number of rotatable bonds is 4. The number of hydrogen-bond acceptors (Lipinski definition) is 2. The SMILES string of the molecule is Cn1nccc1CCOc1ccccc1F. The molecule has 4 heteroatoms. The molecular weight excluding hydrogens is 207 g/mol. The van der Waals surface area contributed by atoms with E-state index in [2.05, 4.69) is 5.10 Å². The van der Waals surface area contributed by atoms with Crippen molar-refractivity contribution in [2.75, 3.05) is 6.61 Å². The number of hydrogen-bond donors (Lipinski definition) is 0. The van der Waals surface area contributed by atoms with Gasteiger partial charge < -0.3 is 4.74 Å². The van der Waals surface area contributed by atoms with E-state index in [1.807, 2.05) is 13.1 Å². The van der Waals surface area contributed by atoms with Crippen molar-refractivity contribution in [3.05, 3.63) is 48.0 Å². The third kappa shape index (κ3) is 2.39. The molecule has 1 aromatic carbocycles. The zero-order valence-corrected chi connectivity index (χ0v) is 9.06. The monoisotopic (exact) mass is 220 g/mol. The second-order valence-corrected chi connectivity index (χ2v) is 3.48. The lowest BCUT2D eigenvalue weighted by molar-refractivity contribution is 0.302. The predicted molar refractivity (Wildman–Crippen MR) is 58.8 cm³/mol. The molecule has 0 unspecified atom stereocenters. The third-order valence-electron chi connectivity index (χ3n) is 2.37. The molecule has 1 heterocycles. The first-order chi connectivity index (χ1) is 7.77. The highest BCUT2D eigenvalue weighted by atomic mass is 19.1. The molecule has 0 amide bonds. The highest BCUT2D eigenvalue weighted by Crippen LogP contribution is 2.15. The van der Waals surface area contributed by atoms with E-state index in [0.717, 1.165) is 5.69 Å². The van der Waals surface area contributed by atoms with E-state index in [4.69, 9.17) is 4.74 Å². The fourth-order valence-electron chi connectivity index (χ4n) is 1.47. The van der Waals surface area contributed by atoms with E-state index in [9.17, 15) is 4.39 Å². The molecule has 3 nitrogen and oxygen atoms in total. The zero-order valence-electron chi connectivity index (χ0n) is 9.06. The van der Waals surface area contributed by atoms with Gasteiger partial charge in [0.05, 0.1) is 6.61 Å². The Hall–Kier alpha value is -1.84. The molecule has 0 saturated heterocycles. The molecule has 0 spiro atoms. The summed E-state index contributed by atoms with van der Waals surface area (Å²) in [6, 6.07) is 8.33. The van der Waals surface area contributed by atoms with Gasteiger partial charge in [-0.2, -0.15) is 5.10 Å². The number of aromatic nitrogens is 2. The Morgan fingerprint density at radius 3 is 2.81 bits per heavy atom. The van der Waals surface area contributed by atoms with Gasteiger partial charge in [-0.3, -0.25) is 4.68 Å². The van der Waals surface area contributed by atoms with Crippen LogP contribution in [-0.4, -0.2) is 16.4 Å². The van der Waals surface area contributed by atoms with Crippen molar-refractivity contribution in [3.63, 3.8) is 0 Å². The molecule has 2 aromatic rings. The van der Waals surface area contributed by atoms with E-state index in [1.54, 1.807) is 29.1 Å². The van der Waals surface area contributed by atoms with Gasteiger partial charge in [-0.25, -0.2) is 4.39 Å². The Morgan fingerprint density at radius 2 is 2.12 bits per heavy atom. The zero-order chi connectivity index (χ0) is 11.4. The Morgan fingerprint density at radius 1 is 1.31 bits per heavy atom. The average Bonchev–Trinajstić information content (AvgIpc) is 2.67. The molecule has 0 aliphatic heterocycles. The van der Waals surface area contributed by atoms with Crippen LogP contribution >= 0.6 is 0 Å². The summed E-state index contributed by atoms with van der Waals surface area (Å²) in [7, 11) is 1.87. The summed E-state index contributed by atoms with van der Waals surface area (Å²) in [5.74, 6) is -0.0304. The number of benzene rings is 1. The fourth-order valence-corrected chi connectivity index (χ4v) is 1.47. The van der Waals surface area contributed by atoms with E-state index >= 15 is 0 Å². The number of halogens is 1. The lowest BCUT2D eigenvalue weighted by Crippen LogP contribution is -2.06. The van der Waals surface area contributed by atoms with Crippen molar-refractivity contribution in [3.8, 4) is 5.75 Å². The van der Waals surface area contributed by atoms with Crippen LogP contribution in [0.15, 0.2) is 36.5 Å².